The van der Waals surface area contributed by atoms with E-state index < -0.39 is 35.9 Å². The first-order valence-electron chi connectivity index (χ1n) is 3.99. The molecule has 0 amide bonds. The van der Waals surface area contributed by atoms with E-state index in [4.69, 9.17) is 0 Å². The lowest BCUT2D eigenvalue weighted by Crippen LogP contribution is -2.35. The van der Waals surface area contributed by atoms with Crippen LogP contribution in [0.15, 0.2) is 22.3 Å². The highest BCUT2D eigenvalue weighted by molar-refractivity contribution is 6.01. The Morgan fingerprint density at radius 3 is 1.42 bits per heavy atom. The van der Waals surface area contributed by atoms with Gasteiger partial charge in [0, 0.05) is 0 Å². The van der Waals surface area contributed by atoms with Crippen molar-refractivity contribution in [1.29, 1.82) is 0 Å². The Kier molecular flexibility index (Phi) is 4.62. The molecule has 0 aromatic carbocycles. The monoisotopic (exact) mass is 301 g/mol. The normalized spacial score (nSPS) is 15.6. The Balaban J connectivity index is 5.65. The molecule has 0 aliphatic carbocycles. The van der Waals surface area contributed by atoms with Gasteiger partial charge in [-0.05, 0) is 0 Å². The average Bonchev–Trinajstić information content (AvgIpc) is 2.11. The number of halogens is 9. The van der Waals surface area contributed by atoms with Crippen LogP contribution in [0.5, 0.6) is 0 Å². The van der Waals surface area contributed by atoms with Crippen LogP contribution in [0.3, 0.4) is 0 Å². The summed E-state index contributed by atoms with van der Waals surface area (Å²) in [5.74, 6) is -5.19. The largest absolute Gasteiger partial charge is 0.451 e. The fourth-order valence-electron chi connectivity index (χ4n) is 0.520. The van der Waals surface area contributed by atoms with Crippen LogP contribution in [0.4, 0.5) is 39.5 Å². The van der Waals surface area contributed by atoms with E-state index in [-0.39, 0.29) is 0 Å². The third-order valence-corrected chi connectivity index (χ3v) is 1.34. The van der Waals surface area contributed by atoms with Crippen molar-refractivity contribution in [2.75, 3.05) is 0 Å². The van der Waals surface area contributed by atoms with Gasteiger partial charge in [0.2, 0.25) is 11.7 Å². The first kappa shape index (κ1) is 17.2. The Morgan fingerprint density at radius 1 is 0.737 bits per heavy atom. The average molecular weight is 301 g/mol. The van der Waals surface area contributed by atoms with Gasteiger partial charge in [0.1, 0.15) is 5.70 Å². The highest BCUT2D eigenvalue weighted by Crippen LogP contribution is 2.28. The second-order valence-corrected chi connectivity index (χ2v) is 2.87. The van der Waals surface area contributed by atoms with Gasteiger partial charge in [0.15, 0.2) is 0 Å². The van der Waals surface area contributed by atoms with Gasteiger partial charge in [0.25, 0.3) is 0 Å². The summed E-state index contributed by atoms with van der Waals surface area (Å²) in [6.07, 6.45) is -16.4. The summed E-state index contributed by atoms with van der Waals surface area (Å²) in [5.41, 5.74) is 1.90. The first-order chi connectivity index (χ1) is 8.15. The molecule has 0 spiro atoms. The van der Waals surface area contributed by atoms with Crippen molar-refractivity contribution in [3.63, 3.8) is 0 Å². The lowest BCUT2D eigenvalue weighted by molar-refractivity contribution is -0.0928. The van der Waals surface area contributed by atoms with Gasteiger partial charge in [-0.3, -0.25) is 0 Å². The van der Waals surface area contributed by atoms with E-state index in [1.165, 1.54) is 0 Å². The maximum absolute atomic E-state index is 12.1. The molecule has 0 atom stereocenters. The minimum Gasteiger partial charge on any atom is -0.380 e. The smallest absolute Gasteiger partial charge is 0.380 e. The first-order valence-corrected chi connectivity index (χ1v) is 3.99. The van der Waals surface area contributed by atoms with Crippen LogP contribution in [0.1, 0.15) is 0 Å². The molecule has 0 unspecified atom stereocenters. The molecule has 12 heteroatoms. The minimum absolute atomic E-state index is 1.81. The second-order valence-electron chi connectivity index (χ2n) is 2.87. The zero-order valence-corrected chi connectivity index (χ0v) is 8.58. The quantitative estimate of drug-likeness (QED) is 0.452. The molecule has 0 saturated heterocycles. The molecule has 0 saturated carbocycles. The van der Waals surface area contributed by atoms with Crippen molar-refractivity contribution in [1.82, 2.24) is 0 Å². The van der Waals surface area contributed by atoms with E-state index in [0.717, 1.165) is 0 Å². The number of allylic oxidation sites excluding steroid dienone is 1. The zero-order valence-electron chi connectivity index (χ0n) is 8.58. The van der Waals surface area contributed by atoms with Crippen molar-refractivity contribution in [3.8, 4) is 0 Å². The van der Waals surface area contributed by atoms with Gasteiger partial charge < -0.3 is 5.73 Å². The highest BCUT2D eigenvalue weighted by Gasteiger charge is 2.42. The molecule has 0 radical (unpaired) electrons. The van der Waals surface area contributed by atoms with E-state index in [1.54, 1.807) is 4.99 Å². The molecular formula is C7H4F9N3. The molecule has 0 aliphatic rings. The molecule has 0 bridgehead atoms. The van der Waals surface area contributed by atoms with E-state index in [1.807, 2.05) is 4.99 Å². The van der Waals surface area contributed by atoms with Gasteiger partial charge >= 0.3 is 18.5 Å². The summed E-state index contributed by atoms with van der Waals surface area (Å²) in [7, 11) is 0. The molecule has 0 aromatic rings. The molecule has 2 N–H and O–H groups in total. The molecule has 110 valence electrons. The fraction of sp³-hybridized carbons (Fsp3) is 0.429. The Morgan fingerprint density at radius 2 is 1.16 bits per heavy atom. The predicted molar refractivity (Wildman–Crippen MR) is 46.4 cm³/mol. The highest BCUT2D eigenvalue weighted by atomic mass is 19.4. The van der Waals surface area contributed by atoms with Gasteiger partial charge in [0.05, 0.1) is 0 Å². The van der Waals surface area contributed by atoms with Crippen molar-refractivity contribution in [2.45, 2.75) is 18.5 Å². The molecule has 0 aliphatic heterocycles. The van der Waals surface area contributed by atoms with Crippen LogP contribution >= 0.6 is 0 Å². The minimum atomic E-state index is -5.66. The number of amidine groups is 2. The third-order valence-electron chi connectivity index (χ3n) is 1.34. The summed E-state index contributed by atoms with van der Waals surface area (Å²) in [4.78, 5) is 3.68. The van der Waals surface area contributed by atoms with Gasteiger partial charge in [-0.2, -0.15) is 39.5 Å². The Hall–Kier alpha value is -1.75. The van der Waals surface area contributed by atoms with Crippen LogP contribution in [-0.4, -0.2) is 30.2 Å². The summed E-state index contributed by atoms with van der Waals surface area (Å²) >= 11 is 0. The number of nitrogens with two attached hydrogens (primary N) is 1. The summed E-state index contributed by atoms with van der Waals surface area (Å²) in [6.45, 7) is 2.14. The fourth-order valence-corrected chi connectivity index (χ4v) is 0.520. The van der Waals surface area contributed by atoms with Crippen molar-refractivity contribution in [3.05, 3.63) is 12.3 Å². The Bertz CT molecular complexity index is 409. The number of aliphatic imine (C=N–C) groups is 2. The summed E-state index contributed by atoms with van der Waals surface area (Å²) in [5, 5.41) is 0. The van der Waals surface area contributed by atoms with Crippen LogP contribution in [0, 0.1) is 0 Å². The third kappa shape index (κ3) is 5.61. The van der Waals surface area contributed by atoms with E-state index >= 15 is 0 Å². The lowest BCUT2D eigenvalue weighted by Gasteiger charge is -2.11. The summed E-state index contributed by atoms with van der Waals surface area (Å²) < 4.78 is 108. The van der Waals surface area contributed by atoms with Crippen molar-refractivity contribution < 1.29 is 39.5 Å². The Labute approximate surface area is 98.9 Å². The molecule has 19 heavy (non-hydrogen) atoms. The van der Waals surface area contributed by atoms with Gasteiger partial charge in [-0.25, -0.2) is 9.98 Å². The summed E-state index contributed by atoms with van der Waals surface area (Å²) in [6, 6.07) is 0. The van der Waals surface area contributed by atoms with Crippen LogP contribution in [-0.2, 0) is 0 Å². The van der Waals surface area contributed by atoms with Gasteiger partial charge in [-0.1, -0.05) is 6.58 Å². The van der Waals surface area contributed by atoms with Crippen LogP contribution < -0.4 is 5.73 Å². The standard InChI is InChI=1S/C7H4F9N3/c1-2(5(8,9)10)18-4(7(14,15)16)19-3(17)6(11,12)13/h1H2,(H2,17,18,19). The van der Waals surface area contributed by atoms with E-state index in [0.29, 0.717) is 0 Å². The lowest BCUT2D eigenvalue weighted by atomic mass is 10.4. The van der Waals surface area contributed by atoms with Crippen LogP contribution in [0.2, 0.25) is 0 Å². The van der Waals surface area contributed by atoms with Crippen molar-refractivity contribution in [2.24, 2.45) is 15.7 Å². The van der Waals surface area contributed by atoms with Crippen LogP contribution in [0.25, 0.3) is 0 Å². The van der Waals surface area contributed by atoms with Crippen molar-refractivity contribution >= 4 is 11.7 Å². The molecule has 3 nitrogen and oxygen atoms in total. The number of hydrogen-bond acceptors (Lipinski definition) is 1. The molecule has 0 fully saturated rings. The number of hydrogen-bond donors (Lipinski definition) is 1. The van der Waals surface area contributed by atoms with E-state index in [9.17, 15) is 39.5 Å². The molecular weight excluding hydrogens is 297 g/mol. The zero-order chi connectivity index (χ0) is 15.6. The SMILES string of the molecule is C=C(/N=C(\N=C(/N)C(F)(F)F)C(F)(F)F)C(F)(F)F. The maximum Gasteiger partial charge on any atom is 0.451 e. The molecule has 0 rings (SSSR count). The number of rotatable bonds is 1. The number of nitrogens with zero attached hydrogens (tertiary/aromatic N) is 2. The number of alkyl halides is 9. The topological polar surface area (TPSA) is 50.7 Å². The molecule has 0 aromatic heterocycles. The predicted octanol–water partition coefficient (Wildman–Crippen LogP) is 2.94. The van der Waals surface area contributed by atoms with Gasteiger partial charge in [-0.15, -0.1) is 0 Å². The molecule has 0 heterocycles. The van der Waals surface area contributed by atoms with E-state index in [2.05, 4.69) is 12.3 Å². The maximum atomic E-state index is 12.1. The second kappa shape index (κ2) is 5.09.